The van der Waals surface area contributed by atoms with E-state index in [1.54, 1.807) is 24.5 Å². The van der Waals surface area contributed by atoms with Gasteiger partial charge >= 0.3 is 0 Å². The van der Waals surface area contributed by atoms with E-state index in [1.165, 1.54) is 12.1 Å². The lowest BCUT2D eigenvalue weighted by Gasteiger charge is -2.05. The van der Waals surface area contributed by atoms with Gasteiger partial charge in [-0.25, -0.2) is 4.39 Å². The number of hydrogen-bond acceptors (Lipinski definition) is 5. The normalized spacial score (nSPS) is 10.6. The Kier molecular flexibility index (Phi) is 5.35. The van der Waals surface area contributed by atoms with E-state index in [-0.39, 0.29) is 23.9 Å². The molecule has 0 atom stereocenters. The maximum Gasteiger partial charge on any atom is 0.227 e. The van der Waals surface area contributed by atoms with Crippen molar-refractivity contribution in [2.75, 3.05) is 0 Å². The largest absolute Gasteiger partial charge is 0.352 e. The van der Waals surface area contributed by atoms with Gasteiger partial charge in [0.1, 0.15) is 5.82 Å². The molecule has 1 aromatic carbocycles. The number of pyridine rings is 1. The van der Waals surface area contributed by atoms with E-state index in [4.69, 9.17) is 16.1 Å². The lowest BCUT2D eigenvalue weighted by molar-refractivity contribution is -0.121. The highest BCUT2D eigenvalue weighted by molar-refractivity contribution is 6.30. The van der Waals surface area contributed by atoms with E-state index in [2.05, 4.69) is 20.4 Å². The zero-order valence-electron chi connectivity index (χ0n) is 13.1. The molecule has 1 amide bonds. The maximum atomic E-state index is 13.1. The quantitative estimate of drug-likeness (QED) is 0.730. The molecule has 0 bridgehead atoms. The molecule has 0 aliphatic carbocycles. The van der Waals surface area contributed by atoms with Crippen LogP contribution in [0.3, 0.4) is 0 Å². The fourth-order valence-corrected chi connectivity index (χ4v) is 2.33. The van der Waals surface area contributed by atoms with Crippen LogP contribution in [0, 0.1) is 5.82 Å². The molecule has 0 saturated heterocycles. The van der Waals surface area contributed by atoms with Gasteiger partial charge in [-0.05, 0) is 29.8 Å². The smallest absolute Gasteiger partial charge is 0.227 e. The molecule has 0 aliphatic heterocycles. The molecule has 0 fully saturated rings. The number of carbonyl (C=O) groups excluding carboxylic acids is 1. The standard InChI is InChI=1S/C17H14ClFN4O2/c18-13-8-11(3-4-14(13)19)9-21-15(24)5-6-16-22-17(23-25-16)12-2-1-7-20-10-12/h1-4,7-8,10H,5-6,9H2,(H,21,24). The number of benzene rings is 1. The Labute approximate surface area is 148 Å². The first-order valence-corrected chi connectivity index (χ1v) is 7.93. The molecule has 0 saturated carbocycles. The number of rotatable bonds is 6. The molecule has 0 unspecified atom stereocenters. The number of aryl methyl sites for hydroxylation is 1. The third-order valence-electron chi connectivity index (χ3n) is 3.43. The number of amides is 1. The van der Waals surface area contributed by atoms with Crippen molar-refractivity contribution in [2.24, 2.45) is 0 Å². The van der Waals surface area contributed by atoms with Crippen molar-refractivity contribution in [2.45, 2.75) is 19.4 Å². The molecule has 0 radical (unpaired) electrons. The molecule has 3 aromatic rings. The highest BCUT2D eigenvalue weighted by Crippen LogP contribution is 2.16. The summed E-state index contributed by atoms with van der Waals surface area (Å²) in [6.45, 7) is 0.267. The lowest BCUT2D eigenvalue weighted by atomic mass is 10.2. The van der Waals surface area contributed by atoms with Gasteiger partial charge in [-0.2, -0.15) is 4.98 Å². The van der Waals surface area contributed by atoms with E-state index < -0.39 is 5.82 Å². The topological polar surface area (TPSA) is 80.9 Å². The van der Waals surface area contributed by atoms with Crippen LogP contribution in [0.4, 0.5) is 4.39 Å². The molecule has 128 valence electrons. The number of aromatic nitrogens is 3. The number of nitrogens with zero attached hydrogens (tertiary/aromatic N) is 3. The van der Waals surface area contributed by atoms with Gasteiger partial charge in [-0.1, -0.05) is 22.8 Å². The Morgan fingerprint density at radius 2 is 2.20 bits per heavy atom. The fourth-order valence-electron chi connectivity index (χ4n) is 2.13. The van der Waals surface area contributed by atoms with Crippen LogP contribution in [0.15, 0.2) is 47.2 Å². The summed E-state index contributed by atoms with van der Waals surface area (Å²) in [5, 5.41) is 6.63. The molecule has 8 heteroatoms. The third-order valence-corrected chi connectivity index (χ3v) is 3.72. The van der Waals surface area contributed by atoms with Crippen LogP contribution < -0.4 is 5.32 Å². The van der Waals surface area contributed by atoms with Gasteiger partial charge in [0.15, 0.2) is 0 Å². The molecular weight excluding hydrogens is 347 g/mol. The summed E-state index contributed by atoms with van der Waals surface area (Å²) in [7, 11) is 0. The molecule has 2 aromatic heterocycles. The van der Waals surface area contributed by atoms with E-state index in [9.17, 15) is 9.18 Å². The van der Waals surface area contributed by atoms with E-state index in [0.717, 1.165) is 11.1 Å². The molecule has 3 rings (SSSR count). The van der Waals surface area contributed by atoms with Crippen LogP contribution >= 0.6 is 11.6 Å². The predicted molar refractivity (Wildman–Crippen MR) is 89.1 cm³/mol. The van der Waals surface area contributed by atoms with Gasteiger partial charge in [0, 0.05) is 37.3 Å². The van der Waals surface area contributed by atoms with Crippen molar-refractivity contribution in [1.29, 1.82) is 0 Å². The van der Waals surface area contributed by atoms with Crippen LogP contribution in [0.5, 0.6) is 0 Å². The Bertz CT molecular complexity index is 870. The first-order valence-electron chi connectivity index (χ1n) is 7.55. The van der Waals surface area contributed by atoms with Crippen molar-refractivity contribution in [3.8, 4) is 11.4 Å². The van der Waals surface area contributed by atoms with Crippen molar-refractivity contribution in [3.63, 3.8) is 0 Å². The van der Waals surface area contributed by atoms with Crippen LogP contribution in [-0.4, -0.2) is 21.0 Å². The van der Waals surface area contributed by atoms with Crippen LogP contribution in [0.25, 0.3) is 11.4 Å². The number of nitrogens with one attached hydrogen (secondary N) is 1. The highest BCUT2D eigenvalue weighted by atomic mass is 35.5. The van der Waals surface area contributed by atoms with E-state index in [1.807, 2.05) is 6.07 Å². The van der Waals surface area contributed by atoms with Crippen molar-refractivity contribution < 1.29 is 13.7 Å². The minimum absolute atomic E-state index is 0.0283. The number of halogens is 2. The molecule has 25 heavy (non-hydrogen) atoms. The Balaban J connectivity index is 1.49. The Hall–Kier alpha value is -2.80. The summed E-state index contributed by atoms with van der Waals surface area (Å²) in [6.07, 6.45) is 3.81. The summed E-state index contributed by atoms with van der Waals surface area (Å²) in [6, 6.07) is 7.92. The second-order valence-corrected chi connectivity index (χ2v) is 5.69. The zero-order chi connectivity index (χ0) is 17.6. The molecule has 0 aliphatic rings. The molecule has 6 nitrogen and oxygen atoms in total. The monoisotopic (exact) mass is 360 g/mol. The average Bonchev–Trinajstić information content (AvgIpc) is 3.11. The Morgan fingerprint density at radius 3 is 2.96 bits per heavy atom. The van der Waals surface area contributed by atoms with Crippen LogP contribution in [-0.2, 0) is 17.8 Å². The maximum absolute atomic E-state index is 13.1. The summed E-state index contributed by atoms with van der Waals surface area (Å²) in [5.41, 5.74) is 1.46. The first-order chi connectivity index (χ1) is 12.1. The summed E-state index contributed by atoms with van der Waals surface area (Å²) >= 11 is 5.70. The van der Waals surface area contributed by atoms with Crippen molar-refractivity contribution in [1.82, 2.24) is 20.4 Å². The lowest BCUT2D eigenvalue weighted by Crippen LogP contribution is -2.23. The predicted octanol–water partition coefficient (Wildman–Crippen LogP) is 3.17. The average molecular weight is 361 g/mol. The minimum atomic E-state index is -0.488. The van der Waals surface area contributed by atoms with Gasteiger partial charge in [0.25, 0.3) is 0 Å². The van der Waals surface area contributed by atoms with Gasteiger partial charge in [-0.3, -0.25) is 9.78 Å². The van der Waals surface area contributed by atoms with Gasteiger partial charge in [-0.15, -0.1) is 0 Å². The number of carbonyl (C=O) groups is 1. The first kappa shape index (κ1) is 17.0. The third kappa shape index (κ3) is 4.60. The second kappa shape index (κ2) is 7.85. The van der Waals surface area contributed by atoms with Crippen LogP contribution in [0.1, 0.15) is 17.9 Å². The van der Waals surface area contributed by atoms with Gasteiger partial charge in [0.05, 0.1) is 5.02 Å². The van der Waals surface area contributed by atoms with E-state index in [0.29, 0.717) is 18.1 Å². The summed E-state index contributed by atoms with van der Waals surface area (Å²) < 4.78 is 18.2. The van der Waals surface area contributed by atoms with Crippen LogP contribution in [0.2, 0.25) is 5.02 Å². The van der Waals surface area contributed by atoms with Crippen molar-refractivity contribution in [3.05, 3.63) is 65.0 Å². The zero-order valence-corrected chi connectivity index (χ0v) is 13.8. The highest BCUT2D eigenvalue weighted by Gasteiger charge is 2.11. The SMILES string of the molecule is O=C(CCc1nc(-c2cccnc2)no1)NCc1ccc(F)c(Cl)c1. The second-order valence-electron chi connectivity index (χ2n) is 5.28. The number of hydrogen-bond donors (Lipinski definition) is 1. The molecule has 2 heterocycles. The molecular formula is C17H14ClFN4O2. The van der Waals surface area contributed by atoms with Gasteiger partial charge in [0.2, 0.25) is 17.6 Å². The fraction of sp³-hybridized carbons (Fsp3) is 0.176. The Morgan fingerprint density at radius 1 is 1.32 bits per heavy atom. The van der Waals surface area contributed by atoms with Crippen molar-refractivity contribution >= 4 is 17.5 Å². The minimum Gasteiger partial charge on any atom is -0.352 e. The summed E-state index contributed by atoms with van der Waals surface area (Å²) in [4.78, 5) is 20.1. The van der Waals surface area contributed by atoms with Gasteiger partial charge < -0.3 is 9.84 Å². The summed E-state index contributed by atoms with van der Waals surface area (Å²) in [5.74, 6) is 0.141. The molecule has 0 spiro atoms. The molecule has 1 N–H and O–H groups in total. The van der Waals surface area contributed by atoms with E-state index >= 15 is 0 Å².